The van der Waals surface area contributed by atoms with E-state index in [1.807, 2.05) is 26.0 Å². The zero-order chi connectivity index (χ0) is 19.7. The first kappa shape index (κ1) is 21.1. The van der Waals surface area contributed by atoms with Gasteiger partial charge in [0.2, 0.25) is 5.91 Å². The van der Waals surface area contributed by atoms with Gasteiger partial charge in [-0.3, -0.25) is 9.69 Å². The highest BCUT2D eigenvalue weighted by molar-refractivity contribution is 5.92. The monoisotopic (exact) mass is 377 g/mol. The van der Waals surface area contributed by atoms with E-state index in [-0.39, 0.29) is 0 Å². The zero-order valence-corrected chi connectivity index (χ0v) is 16.2. The highest BCUT2D eigenvalue weighted by atomic mass is 16.5. The van der Waals surface area contributed by atoms with Crippen LogP contribution in [-0.4, -0.2) is 73.4 Å². The minimum absolute atomic E-state index is 0.386. The van der Waals surface area contributed by atoms with E-state index in [9.17, 15) is 9.90 Å². The Morgan fingerprint density at radius 2 is 1.96 bits per heavy atom. The molecule has 1 unspecified atom stereocenters. The number of guanidine groups is 1. The molecule has 1 atom stereocenters. The Morgan fingerprint density at radius 3 is 2.56 bits per heavy atom. The third-order valence-corrected chi connectivity index (χ3v) is 4.31. The average Bonchev–Trinajstić information content (AvgIpc) is 2.65. The number of carbonyl (C=O) groups is 1. The molecule has 0 spiro atoms. The summed E-state index contributed by atoms with van der Waals surface area (Å²) in [4.78, 5) is 17.9. The summed E-state index contributed by atoms with van der Waals surface area (Å²) in [5.41, 5.74) is 5.82. The van der Waals surface area contributed by atoms with Crippen LogP contribution in [0.25, 0.3) is 0 Å². The quantitative estimate of drug-likeness (QED) is 0.373. The van der Waals surface area contributed by atoms with Crippen LogP contribution in [0.15, 0.2) is 29.3 Å². The largest absolute Gasteiger partial charge is 0.387 e. The fourth-order valence-corrected chi connectivity index (χ4v) is 2.86. The molecule has 1 amide bonds. The standard InChI is InChI=1S/C19H31N5O3/c1-3-21-18(22-12-15-4-6-16(7-5-15)17(20)25)23-13-19(2,26)14-24-8-10-27-11-9-24/h4-7,26H,3,8-14H2,1-2H3,(H2,20,25)(H2,21,22,23). The van der Waals surface area contributed by atoms with E-state index in [4.69, 9.17) is 10.5 Å². The minimum Gasteiger partial charge on any atom is -0.387 e. The van der Waals surface area contributed by atoms with Crippen molar-refractivity contribution < 1.29 is 14.6 Å². The summed E-state index contributed by atoms with van der Waals surface area (Å²) in [5, 5.41) is 17.1. The van der Waals surface area contributed by atoms with Gasteiger partial charge in [-0.25, -0.2) is 4.99 Å². The summed E-state index contributed by atoms with van der Waals surface area (Å²) < 4.78 is 5.35. The Labute approximate surface area is 160 Å². The van der Waals surface area contributed by atoms with Crippen LogP contribution < -0.4 is 16.4 Å². The molecule has 1 aromatic rings. The van der Waals surface area contributed by atoms with Crippen molar-refractivity contribution in [3.63, 3.8) is 0 Å². The number of aliphatic imine (C=N–C) groups is 1. The number of aliphatic hydroxyl groups is 1. The lowest BCUT2D eigenvalue weighted by molar-refractivity contribution is -0.0201. The number of nitrogens with one attached hydrogen (secondary N) is 2. The summed E-state index contributed by atoms with van der Waals surface area (Å²) >= 11 is 0. The van der Waals surface area contributed by atoms with Crippen molar-refractivity contribution >= 4 is 11.9 Å². The molecule has 27 heavy (non-hydrogen) atoms. The molecule has 0 bridgehead atoms. The topological polar surface area (TPSA) is 112 Å². The fourth-order valence-electron chi connectivity index (χ4n) is 2.86. The Kier molecular flexibility index (Phi) is 8.02. The predicted molar refractivity (Wildman–Crippen MR) is 106 cm³/mol. The number of nitrogens with two attached hydrogens (primary N) is 1. The molecular formula is C19H31N5O3. The number of hydrogen-bond donors (Lipinski definition) is 4. The maximum absolute atomic E-state index is 11.1. The first-order chi connectivity index (χ1) is 12.9. The number of nitrogens with zero attached hydrogens (tertiary/aromatic N) is 2. The molecule has 1 aromatic carbocycles. The number of β-amino-alcohol motifs (C(OH)–C–C–N with tert-alkyl or cyclic N) is 1. The summed E-state index contributed by atoms with van der Waals surface area (Å²) in [6, 6.07) is 7.06. The van der Waals surface area contributed by atoms with Crippen LogP contribution in [0.3, 0.4) is 0 Å². The van der Waals surface area contributed by atoms with Gasteiger partial charge < -0.3 is 26.2 Å². The number of rotatable bonds is 8. The van der Waals surface area contributed by atoms with Crippen LogP contribution in [0, 0.1) is 0 Å². The van der Waals surface area contributed by atoms with Gasteiger partial charge >= 0.3 is 0 Å². The molecular weight excluding hydrogens is 346 g/mol. The van der Waals surface area contributed by atoms with E-state index in [1.54, 1.807) is 12.1 Å². The molecule has 1 fully saturated rings. The van der Waals surface area contributed by atoms with Crippen LogP contribution in [0.4, 0.5) is 0 Å². The molecule has 1 heterocycles. The lowest BCUT2D eigenvalue weighted by atomic mass is 10.1. The van der Waals surface area contributed by atoms with Crippen molar-refractivity contribution in [3.05, 3.63) is 35.4 Å². The molecule has 0 aromatic heterocycles. The highest BCUT2D eigenvalue weighted by Crippen LogP contribution is 2.08. The molecule has 5 N–H and O–H groups in total. The van der Waals surface area contributed by atoms with Gasteiger partial charge in [0.25, 0.3) is 0 Å². The average molecular weight is 377 g/mol. The molecule has 8 heteroatoms. The number of benzene rings is 1. The summed E-state index contributed by atoms with van der Waals surface area (Å²) in [7, 11) is 0. The number of amides is 1. The Balaban J connectivity index is 1.89. The second-order valence-corrected chi connectivity index (χ2v) is 7.00. The molecule has 1 saturated heterocycles. The van der Waals surface area contributed by atoms with Crippen LogP contribution in [0.5, 0.6) is 0 Å². The Hall–Kier alpha value is -2.16. The normalized spacial score (nSPS) is 18.0. The lowest BCUT2D eigenvalue weighted by Gasteiger charge is -2.34. The maximum Gasteiger partial charge on any atom is 0.248 e. The fraction of sp³-hybridized carbons (Fsp3) is 0.579. The predicted octanol–water partition coefficient (Wildman–Crippen LogP) is -0.0762. The van der Waals surface area contributed by atoms with Gasteiger partial charge in [0.05, 0.1) is 25.4 Å². The van der Waals surface area contributed by atoms with Crippen molar-refractivity contribution in [2.75, 3.05) is 45.9 Å². The van der Waals surface area contributed by atoms with Gasteiger partial charge in [0.1, 0.15) is 0 Å². The van der Waals surface area contributed by atoms with Crippen LogP contribution in [0.1, 0.15) is 29.8 Å². The molecule has 2 rings (SSSR count). The number of carbonyl (C=O) groups excluding carboxylic acids is 1. The number of morpholine rings is 1. The van der Waals surface area contributed by atoms with Gasteiger partial charge in [-0.1, -0.05) is 12.1 Å². The van der Waals surface area contributed by atoms with Gasteiger partial charge in [0, 0.05) is 38.3 Å². The molecule has 0 radical (unpaired) electrons. The van der Waals surface area contributed by atoms with Crippen LogP contribution in [-0.2, 0) is 11.3 Å². The second-order valence-electron chi connectivity index (χ2n) is 7.00. The summed E-state index contributed by atoms with van der Waals surface area (Å²) in [5.74, 6) is 0.196. The van der Waals surface area contributed by atoms with E-state index < -0.39 is 11.5 Å². The summed E-state index contributed by atoms with van der Waals surface area (Å²) in [6.07, 6.45) is 0. The van der Waals surface area contributed by atoms with Gasteiger partial charge in [-0.05, 0) is 31.5 Å². The van der Waals surface area contributed by atoms with Crippen molar-refractivity contribution in [1.29, 1.82) is 0 Å². The van der Waals surface area contributed by atoms with Crippen molar-refractivity contribution in [1.82, 2.24) is 15.5 Å². The van der Waals surface area contributed by atoms with E-state index in [0.717, 1.165) is 25.2 Å². The molecule has 0 aliphatic carbocycles. The highest BCUT2D eigenvalue weighted by Gasteiger charge is 2.25. The van der Waals surface area contributed by atoms with Gasteiger partial charge in [-0.2, -0.15) is 0 Å². The molecule has 1 aliphatic heterocycles. The first-order valence-electron chi connectivity index (χ1n) is 9.33. The van der Waals surface area contributed by atoms with Crippen molar-refractivity contribution in [2.45, 2.75) is 26.0 Å². The third-order valence-electron chi connectivity index (χ3n) is 4.31. The second kappa shape index (κ2) is 10.2. The molecule has 1 aliphatic rings. The van der Waals surface area contributed by atoms with Crippen LogP contribution in [0.2, 0.25) is 0 Å². The summed E-state index contributed by atoms with van der Waals surface area (Å²) in [6.45, 7) is 9.06. The van der Waals surface area contributed by atoms with E-state index in [2.05, 4.69) is 20.5 Å². The van der Waals surface area contributed by atoms with Crippen LogP contribution >= 0.6 is 0 Å². The lowest BCUT2D eigenvalue weighted by Crippen LogP contribution is -2.52. The molecule has 150 valence electrons. The van der Waals surface area contributed by atoms with Crippen molar-refractivity contribution in [3.8, 4) is 0 Å². The van der Waals surface area contributed by atoms with Gasteiger partial charge in [0.15, 0.2) is 5.96 Å². The van der Waals surface area contributed by atoms with E-state index in [1.165, 1.54) is 0 Å². The van der Waals surface area contributed by atoms with Crippen molar-refractivity contribution in [2.24, 2.45) is 10.7 Å². The zero-order valence-electron chi connectivity index (χ0n) is 16.2. The number of hydrogen-bond acceptors (Lipinski definition) is 5. The number of ether oxygens (including phenoxy) is 1. The third kappa shape index (κ3) is 7.54. The SMILES string of the molecule is CCNC(=NCc1ccc(C(N)=O)cc1)NCC(C)(O)CN1CCOCC1. The van der Waals surface area contributed by atoms with E-state index in [0.29, 0.717) is 44.4 Å². The first-order valence-corrected chi connectivity index (χ1v) is 9.33. The maximum atomic E-state index is 11.1. The smallest absolute Gasteiger partial charge is 0.248 e. The Bertz CT molecular complexity index is 625. The van der Waals surface area contributed by atoms with E-state index >= 15 is 0 Å². The number of primary amides is 1. The molecule has 8 nitrogen and oxygen atoms in total. The Morgan fingerprint density at radius 1 is 1.30 bits per heavy atom. The molecule has 0 saturated carbocycles. The minimum atomic E-state index is -0.878. The van der Waals surface area contributed by atoms with Gasteiger partial charge in [-0.15, -0.1) is 0 Å².